The number of hydrogen-bond donors (Lipinski definition) is 2. The van der Waals surface area contributed by atoms with E-state index < -0.39 is 23.4 Å². The number of carboxylic acid groups (broad SMARTS) is 1. The number of carboxylic acids is 1. The van der Waals surface area contributed by atoms with Gasteiger partial charge in [-0.3, -0.25) is 19.7 Å². The lowest BCUT2D eigenvalue weighted by molar-refractivity contribution is -0.384. The molecule has 0 aliphatic heterocycles. The zero-order chi connectivity index (χ0) is 13.7. The van der Waals surface area contributed by atoms with Gasteiger partial charge in [0.2, 0.25) is 0 Å². The van der Waals surface area contributed by atoms with E-state index in [1.54, 1.807) is 0 Å². The summed E-state index contributed by atoms with van der Waals surface area (Å²) in [6, 6.07) is 3.24. The third kappa shape index (κ3) is 3.68. The Hall–Kier alpha value is -2.19. The van der Waals surface area contributed by atoms with Gasteiger partial charge in [-0.05, 0) is 6.07 Å². The van der Waals surface area contributed by atoms with Crippen LogP contribution in [0.25, 0.3) is 0 Å². The van der Waals surface area contributed by atoms with Crippen molar-refractivity contribution in [2.75, 3.05) is 6.61 Å². The molecule has 0 saturated heterocycles. The Morgan fingerprint density at radius 1 is 1.50 bits per heavy atom. The van der Waals surface area contributed by atoms with Crippen molar-refractivity contribution in [1.29, 1.82) is 0 Å². The van der Waals surface area contributed by atoms with Crippen LogP contribution in [0.15, 0.2) is 18.2 Å². The summed E-state index contributed by atoms with van der Waals surface area (Å²) in [4.78, 5) is 35.7. The molecule has 2 N–H and O–H groups in total. The molecule has 0 radical (unpaired) electrons. The van der Waals surface area contributed by atoms with Crippen LogP contribution in [0.2, 0.25) is 5.02 Å². The van der Waals surface area contributed by atoms with E-state index in [4.69, 9.17) is 16.7 Å². The first-order valence-corrected chi connectivity index (χ1v) is 4.87. The van der Waals surface area contributed by atoms with Gasteiger partial charge in [0.25, 0.3) is 11.6 Å². The average Bonchev–Trinajstić information content (AvgIpc) is 2.27. The summed E-state index contributed by atoms with van der Waals surface area (Å²) >= 11 is 5.67. The van der Waals surface area contributed by atoms with Crippen LogP contribution in [-0.4, -0.2) is 28.5 Å². The number of hydrogen-bond acceptors (Lipinski definition) is 5. The Kier molecular flexibility index (Phi) is 4.58. The lowest BCUT2D eigenvalue weighted by Gasteiger charge is -2.05. The third-order valence-corrected chi connectivity index (χ3v) is 2.08. The fraction of sp³-hybridized carbons (Fsp3) is 0.111. The van der Waals surface area contributed by atoms with Gasteiger partial charge >= 0.3 is 5.97 Å². The molecule has 0 spiro atoms. The zero-order valence-corrected chi connectivity index (χ0v) is 9.51. The topological polar surface area (TPSA) is 119 Å². The predicted octanol–water partition coefficient (Wildman–Crippen LogP) is 0.994. The molecule has 0 saturated carbocycles. The minimum Gasteiger partial charge on any atom is -0.479 e. The number of hydroxylamine groups is 1. The van der Waals surface area contributed by atoms with Gasteiger partial charge in [-0.15, -0.1) is 0 Å². The summed E-state index contributed by atoms with van der Waals surface area (Å²) in [5, 5.41) is 18.6. The van der Waals surface area contributed by atoms with E-state index in [0.717, 1.165) is 18.2 Å². The van der Waals surface area contributed by atoms with Gasteiger partial charge < -0.3 is 5.11 Å². The van der Waals surface area contributed by atoms with Crippen molar-refractivity contribution in [3.05, 3.63) is 38.9 Å². The number of carbonyl (C=O) groups is 2. The number of nitrogens with one attached hydrogen (secondary N) is 1. The summed E-state index contributed by atoms with van der Waals surface area (Å²) in [7, 11) is 0. The molecule has 0 aliphatic carbocycles. The van der Waals surface area contributed by atoms with E-state index in [1.165, 1.54) is 0 Å². The molecule has 1 rings (SSSR count). The molecule has 1 amide bonds. The van der Waals surface area contributed by atoms with Crippen LogP contribution in [0.4, 0.5) is 5.69 Å². The van der Waals surface area contributed by atoms with E-state index in [-0.39, 0.29) is 16.3 Å². The smallest absolute Gasteiger partial charge is 0.332 e. The highest BCUT2D eigenvalue weighted by Crippen LogP contribution is 2.22. The van der Waals surface area contributed by atoms with Gasteiger partial charge in [0.05, 0.1) is 15.5 Å². The number of carbonyl (C=O) groups excluding carboxylic acids is 1. The maximum absolute atomic E-state index is 11.4. The molecule has 0 fully saturated rings. The second kappa shape index (κ2) is 5.94. The van der Waals surface area contributed by atoms with Crippen molar-refractivity contribution in [3.63, 3.8) is 0 Å². The SMILES string of the molecule is O=C(O)CONC(=O)c1ccc([N+](=O)[O-])cc1Cl. The van der Waals surface area contributed by atoms with Gasteiger partial charge in [-0.1, -0.05) is 11.6 Å². The number of benzene rings is 1. The Bertz CT molecular complexity index is 504. The van der Waals surface area contributed by atoms with Crippen molar-refractivity contribution in [2.24, 2.45) is 0 Å². The van der Waals surface area contributed by atoms with Crippen LogP contribution in [0.5, 0.6) is 0 Å². The van der Waals surface area contributed by atoms with Crippen LogP contribution in [-0.2, 0) is 9.63 Å². The highest BCUT2D eigenvalue weighted by molar-refractivity contribution is 6.34. The molecule has 0 unspecified atom stereocenters. The summed E-state index contributed by atoms with van der Waals surface area (Å²) < 4.78 is 0. The first-order chi connectivity index (χ1) is 8.41. The average molecular weight is 275 g/mol. The van der Waals surface area contributed by atoms with E-state index in [2.05, 4.69) is 4.84 Å². The summed E-state index contributed by atoms with van der Waals surface area (Å²) in [5.74, 6) is -2.05. The number of amides is 1. The quantitative estimate of drug-likeness (QED) is 0.610. The van der Waals surface area contributed by atoms with E-state index in [0.29, 0.717) is 0 Å². The van der Waals surface area contributed by atoms with Crippen molar-refractivity contribution in [2.45, 2.75) is 0 Å². The van der Waals surface area contributed by atoms with Crippen molar-refractivity contribution in [1.82, 2.24) is 5.48 Å². The molecule has 0 atom stereocenters. The first-order valence-electron chi connectivity index (χ1n) is 4.49. The summed E-state index contributed by atoms with van der Waals surface area (Å²) in [5.41, 5.74) is 1.52. The number of rotatable bonds is 5. The highest BCUT2D eigenvalue weighted by atomic mass is 35.5. The normalized spacial score (nSPS) is 9.83. The Labute approximate surface area is 105 Å². The number of nitro groups is 1. The molecule has 8 nitrogen and oxygen atoms in total. The fourth-order valence-corrected chi connectivity index (χ4v) is 1.28. The summed E-state index contributed by atoms with van der Waals surface area (Å²) in [6.07, 6.45) is 0. The largest absolute Gasteiger partial charge is 0.479 e. The van der Waals surface area contributed by atoms with Crippen molar-refractivity contribution < 1.29 is 24.5 Å². The molecule has 0 heterocycles. The maximum Gasteiger partial charge on any atom is 0.332 e. The summed E-state index contributed by atoms with van der Waals surface area (Å²) in [6.45, 7) is -0.712. The second-order valence-corrected chi connectivity index (χ2v) is 3.44. The van der Waals surface area contributed by atoms with Crippen LogP contribution >= 0.6 is 11.6 Å². The monoisotopic (exact) mass is 274 g/mol. The minimum atomic E-state index is -1.26. The molecule has 0 aromatic heterocycles. The van der Waals surface area contributed by atoms with E-state index >= 15 is 0 Å². The maximum atomic E-state index is 11.4. The predicted molar refractivity (Wildman–Crippen MR) is 59.2 cm³/mol. The standard InChI is InChI=1S/C9H7ClN2O6/c10-7-3-5(12(16)17)1-2-6(7)9(15)11-18-4-8(13)14/h1-3H,4H2,(H,11,15)(H,13,14). The number of nitro benzene ring substituents is 1. The lowest BCUT2D eigenvalue weighted by atomic mass is 10.2. The molecule has 9 heteroatoms. The number of nitrogens with zero attached hydrogens (tertiary/aromatic N) is 1. The fourth-order valence-electron chi connectivity index (χ4n) is 1.02. The van der Waals surface area contributed by atoms with Gasteiger partial charge in [0.15, 0.2) is 6.61 Å². The molecule has 1 aromatic carbocycles. The number of aliphatic carboxylic acids is 1. The molecule has 1 aromatic rings. The molecule has 96 valence electrons. The molecule has 0 bridgehead atoms. The van der Waals surface area contributed by atoms with Gasteiger partial charge in [0.1, 0.15) is 0 Å². The van der Waals surface area contributed by atoms with Crippen LogP contribution in [0.3, 0.4) is 0 Å². The molecule has 18 heavy (non-hydrogen) atoms. The van der Waals surface area contributed by atoms with Crippen LogP contribution in [0, 0.1) is 10.1 Å². The van der Waals surface area contributed by atoms with Crippen LogP contribution < -0.4 is 5.48 Å². The number of non-ortho nitro benzene ring substituents is 1. The van der Waals surface area contributed by atoms with Crippen molar-refractivity contribution >= 4 is 29.2 Å². The zero-order valence-electron chi connectivity index (χ0n) is 8.75. The molecule has 0 aliphatic rings. The van der Waals surface area contributed by atoms with E-state index in [9.17, 15) is 19.7 Å². The Morgan fingerprint density at radius 3 is 2.67 bits per heavy atom. The number of halogens is 1. The van der Waals surface area contributed by atoms with Crippen molar-refractivity contribution in [3.8, 4) is 0 Å². The van der Waals surface area contributed by atoms with Gasteiger partial charge in [-0.25, -0.2) is 10.3 Å². The Morgan fingerprint density at radius 2 is 2.17 bits per heavy atom. The molecular weight excluding hydrogens is 268 g/mol. The highest BCUT2D eigenvalue weighted by Gasteiger charge is 2.15. The van der Waals surface area contributed by atoms with Gasteiger partial charge in [0, 0.05) is 12.1 Å². The Balaban J connectivity index is 2.74. The van der Waals surface area contributed by atoms with E-state index in [1.807, 2.05) is 5.48 Å². The minimum absolute atomic E-state index is 0.0624. The lowest BCUT2D eigenvalue weighted by Crippen LogP contribution is -2.26. The van der Waals surface area contributed by atoms with Crippen LogP contribution in [0.1, 0.15) is 10.4 Å². The third-order valence-electron chi connectivity index (χ3n) is 1.77. The second-order valence-electron chi connectivity index (χ2n) is 3.03. The first kappa shape index (κ1) is 13.9. The molecular formula is C9H7ClN2O6. The van der Waals surface area contributed by atoms with Gasteiger partial charge in [-0.2, -0.15) is 0 Å².